The summed E-state index contributed by atoms with van der Waals surface area (Å²) in [6.07, 6.45) is 5.33. The van der Waals surface area contributed by atoms with Crippen LogP contribution in [0.5, 0.6) is 0 Å². The predicted molar refractivity (Wildman–Crippen MR) is 75.6 cm³/mol. The molecule has 0 bridgehead atoms. The van der Waals surface area contributed by atoms with Crippen molar-refractivity contribution < 1.29 is 14.7 Å². The summed E-state index contributed by atoms with van der Waals surface area (Å²) in [6.45, 7) is 1.83. The van der Waals surface area contributed by atoms with Gasteiger partial charge in [-0.15, -0.1) is 11.3 Å². The van der Waals surface area contributed by atoms with E-state index >= 15 is 0 Å². The molecule has 0 radical (unpaired) electrons. The molecule has 20 heavy (non-hydrogen) atoms. The number of thiazole rings is 1. The van der Waals surface area contributed by atoms with Crippen LogP contribution in [0.2, 0.25) is 0 Å². The highest BCUT2D eigenvalue weighted by Crippen LogP contribution is 2.28. The van der Waals surface area contributed by atoms with Gasteiger partial charge in [-0.3, -0.25) is 0 Å². The Bertz CT molecular complexity index is 469. The summed E-state index contributed by atoms with van der Waals surface area (Å²) >= 11 is 1.45. The molecule has 1 heterocycles. The number of rotatable bonds is 4. The highest BCUT2D eigenvalue weighted by atomic mass is 32.1. The molecule has 6 nitrogen and oxygen atoms in total. The molecule has 0 aromatic carbocycles. The number of urea groups is 1. The molecule has 1 fully saturated rings. The molecule has 1 aromatic rings. The molecule has 0 saturated heterocycles. The maximum Gasteiger partial charge on any atom is 0.329 e. The van der Waals surface area contributed by atoms with E-state index < -0.39 is 17.5 Å². The monoisotopic (exact) mass is 297 g/mol. The number of carboxylic acid groups (broad SMARTS) is 1. The Hall–Kier alpha value is -1.63. The van der Waals surface area contributed by atoms with E-state index in [1.165, 1.54) is 11.3 Å². The van der Waals surface area contributed by atoms with E-state index in [1.807, 2.05) is 12.3 Å². The van der Waals surface area contributed by atoms with E-state index in [-0.39, 0.29) is 6.04 Å². The number of nitrogens with zero attached hydrogens (tertiary/aromatic N) is 1. The van der Waals surface area contributed by atoms with Gasteiger partial charge in [0.15, 0.2) is 0 Å². The lowest BCUT2D eigenvalue weighted by Crippen LogP contribution is -2.58. The number of hydrogen-bond acceptors (Lipinski definition) is 4. The molecule has 7 heteroatoms. The van der Waals surface area contributed by atoms with Gasteiger partial charge >= 0.3 is 12.0 Å². The van der Waals surface area contributed by atoms with Crippen LogP contribution in [-0.2, 0) is 4.79 Å². The van der Waals surface area contributed by atoms with Crippen LogP contribution in [0.4, 0.5) is 4.79 Å². The highest BCUT2D eigenvalue weighted by molar-refractivity contribution is 7.09. The van der Waals surface area contributed by atoms with E-state index in [0.717, 1.165) is 24.3 Å². The van der Waals surface area contributed by atoms with Gasteiger partial charge < -0.3 is 15.7 Å². The van der Waals surface area contributed by atoms with Crippen LogP contribution in [-0.4, -0.2) is 27.6 Å². The smallest absolute Gasteiger partial charge is 0.329 e. The minimum Gasteiger partial charge on any atom is -0.480 e. The molecule has 2 rings (SSSR count). The van der Waals surface area contributed by atoms with Crippen molar-refractivity contribution in [2.24, 2.45) is 0 Å². The van der Waals surface area contributed by atoms with Crippen molar-refractivity contribution in [3.8, 4) is 0 Å². The lowest BCUT2D eigenvalue weighted by molar-refractivity contribution is -0.145. The fourth-order valence-electron chi connectivity index (χ4n) is 2.51. The van der Waals surface area contributed by atoms with Gasteiger partial charge in [-0.1, -0.05) is 19.3 Å². The minimum atomic E-state index is -1.12. The third-order valence-electron chi connectivity index (χ3n) is 3.64. The molecule has 2 amide bonds. The number of amides is 2. The van der Waals surface area contributed by atoms with Crippen molar-refractivity contribution in [3.63, 3.8) is 0 Å². The first-order chi connectivity index (χ1) is 9.53. The van der Waals surface area contributed by atoms with E-state index in [9.17, 15) is 14.7 Å². The number of hydrogen-bond donors (Lipinski definition) is 3. The van der Waals surface area contributed by atoms with Crippen LogP contribution in [0.1, 0.15) is 50.1 Å². The number of carboxylic acids is 1. The Kier molecular flexibility index (Phi) is 4.59. The fourth-order valence-corrected chi connectivity index (χ4v) is 3.15. The zero-order chi connectivity index (χ0) is 14.6. The van der Waals surface area contributed by atoms with Gasteiger partial charge in [0.05, 0.1) is 6.04 Å². The summed E-state index contributed by atoms with van der Waals surface area (Å²) in [5.41, 5.74) is -1.12. The summed E-state index contributed by atoms with van der Waals surface area (Å²) in [6, 6.07) is -0.679. The third kappa shape index (κ3) is 3.27. The summed E-state index contributed by atoms with van der Waals surface area (Å²) in [5.74, 6) is -0.950. The molecule has 0 spiro atoms. The normalized spacial score (nSPS) is 19.1. The summed E-state index contributed by atoms with van der Waals surface area (Å²) in [4.78, 5) is 27.6. The largest absolute Gasteiger partial charge is 0.480 e. The number of nitrogens with one attached hydrogen (secondary N) is 2. The maximum atomic E-state index is 12.0. The second-order valence-electron chi connectivity index (χ2n) is 5.14. The Labute approximate surface area is 121 Å². The van der Waals surface area contributed by atoms with E-state index in [1.54, 1.807) is 6.20 Å². The third-order valence-corrected chi connectivity index (χ3v) is 4.60. The average Bonchev–Trinajstić information content (AvgIpc) is 2.93. The van der Waals surface area contributed by atoms with Gasteiger partial charge in [0.2, 0.25) is 0 Å². The van der Waals surface area contributed by atoms with Crippen LogP contribution in [0.15, 0.2) is 11.6 Å². The SMILES string of the molecule is CC(NC(=O)NC1(C(=O)O)CCCCC1)c1nccs1. The molecule has 1 unspecified atom stereocenters. The van der Waals surface area contributed by atoms with Crippen molar-refractivity contribution in [2.45, 2.75) is 50.6 Å². The lowest BCUT2D eigenvalue weighted by Gasteiger charge is -2.34. The molecule has 1 aliphatic rings. The molecular weight excluding hydrogens is 278 g/mol. The summed E-state index contributed by atoms with van der Waals surface area (Å²) in [5, 5.41) is 17.4. The molecule has 1 saturated carbocycles. The Balaban J connectivity index is 1.97. The van der Waals surface area contributed by atoms with Crippen LogP contribution in [0.25, 0.3) is 0 Å². The van der Waals surface area contributed by atoms with E-state index in [2.05, 4.69) is 15.6 Å². The molecule has 1 aromatic heterocycles. The molecule has 110 valence electrons. The number of carbonyl (C=O) groups excluding carboxylic acids is 1. The number of carbonyl (C=O) groups is 2. The lowest BCUT2D eigenvalue weighted by atomic mass is 9.82. The first kappa shape index (κ1) is 14.8. The number of aliphatic carboxylic acids is 1. The van der Waals surface area contributed by atoms with Crippen LogP contribution < -0.4 is 10.6 Å². The van der Waals surface area contributed by atoms with Crippen molar-refractivity contribution in [3.05, 3.63) is 16.6 Å². The van der Waals surface area contributed by atoms with Gasteiger partial charge in [0, 0.05) is 11.6 Å². The summed E-state index contributed by atoms with van der Waals surface area (Å²) in [7, 11) is 0. The van der Waals surface area contributed by atoms with Crippen molar-refractivity contribution in [1.82, 2.24) is 15.6 Å². The van der Waals surface area contributed by atoms with E-state index in [0.29, 0.717) is 12.8 Å². The van der Waals surface area contributed by atoms with Crippen LogP contribution >= 0.6 is 11.3 Å². The maximum absolute atomic E-state index is 12.0. The topological polar surface area (TPSA) is 91.3 Å². The average molecular weight is 297 g/mol. The zero-order valence-corrected chi connectivity index (χ0v) is 12.2. The Morgan fingerprint density at radius 2 is 2.10 bits per heavy atom. The van der Waals surface area contributed by atoms with E-state index in [4.69, 9.17) is 0 Å². The summed E-state index contributed by atoms with van der Waals surface area (Å²) < 4.78 is 0. The molecule has 1 aliphatic carbocycles. The van der Waals surface area contributed by atoms with Crippen molar-refractivity contribution in [1.29, 1.82) is 0 Å². The first-order valence-corrected chi connectivity index (χ1v) is 7.63. The standard InChI is InChI=1S/C13H19N3O3S/c1-9(10-14-7-8-20-10)15-12(19)16-13(11(17)18)5-3-2-4-6-13/h7-9H,2-6H2,1H3,(H,17,18)(H2,15,16,19). The number of aromatic nitrogens is 1. The molecule has 0 aliphatic heterocycles. The molecular formula is C13H19N3O3S. The second-order valence-corrected chi connectivity index (χ2v) is 6.06. The molecule has 3 N–H and O–H groups in total. The quantitative estimate of drug-likeness (QED) is 0.795. The van der Waals surface area contributed by atoms with Gasteiger partial charge in [-0.05, 0) is 19.8 Å². The predicted octanol–water partition coefficient (Wildman–Crippen LogP) is 2.29. The second kappa shape index (κ2) is 6.21. The van der Waals surface area contributed by atoms with Gasteiger partial charge in [0.1, 0.15) is 10.5 Å². The zero-order valence-electron chi connectivity index (χ0n) is 11.4. The van der Waals surface area contributed by atoms with Crippen molar-refractivity contribution in [2.75, 3.05) is 0 Å². The molecule has 1 atom stereocenters. The first-order valence-electron chi connectivity index (χ1n) is 6.75. The van der Waals surface area contributed by atoms with Gasteiger partial charge in [-0.2, -0.15) is 0 Å². The Morgan fingerprint density at radius 1 is 1.40 bits per heavy atom. The Morgan fingerprint density at radius 3 is 2.65 bits per heavy atom. The fraction of sp³-hybridized carbons (Fsp3) is 0.615. The van der Waals surface area contributed by atoms with Crippen molar-refractivity contribution >= 4 is 23.3 Å². The minimum absolute atomic E-state index is 0.232. The van der Waals surface area contributed by atoms with Crippen LogP contribution in [0.3, 0.4) is 0 Å². The highest BCUT2D eigenvalue weighted by Gasteiger charge is 2.41. The van der Waals surface area contributed by atoms with Gasteiger partial charge in [0.25, 0.3) is 0 Å². The van der Waals surface area contributed by atoms with Crippen LogP contribution in [0, 0.1) is 0 Å². The van der Waals surface area contributed by atoms with Gasteiger partial charge in [-0.25, -0.2) is 14.6 Å².